The monoisotopic (exact) mass is 404 g/mol. The van der Waals surface area contributed by atoms with Crippen LogP contribution in [0.15, 0.2) is 46.2 Å². The van der Waals surface area contributed by atoms with Crippen molar-refractivity contribution in [1.82, 2.24) is 25.0 Å². The molecule has 28 heavy (non-hydrogen) atoms. The Labute approximate surface area is 164 Å². The van der Waals surface area contributed by atoms with Crippen molar-refractivity contribution in [2.24, 2.45) is 4.99 Å². The van der Waals surface area contributed by atoms with Crippen molar-refractivity contribution in [2.45, 2.75) is 6.54 Å². The maximum Gasteiger partial charge on any atom is 0.253 e. The molecule has 1 amide bonds. The molecule has 3 aliphatic heterocycles. The number of halogens is 1. The van der Waals surface area contributed by atoms with Gasteiger partial charge in [0.05, 0.1) is 11.4 Å². The highest BCUT2D eigenvalue weighted by molar-refractivity contribution is 7.87. The van der Waals surface area contributed by atoms with Gasteiger partial charge in [0.1, 0.15) is 22.6 Å². The van der Waals surface area contributed by atoms with Gasteiger partial charge in [-0.25, -0.2) is 23.7 Å². The average molecular weight is 404 g/mol. The largest absolute Gasteiger partial charge is 0.355 e. The zero-order chi connectivity index (χ0) is 19.8. The number of benzene rings is 1. The third-order valence-electron chi connectivity index (χ3n) is 4.83. The number of nitrogens with zero attached hydrogens (tertiary/aromatic N) is 4. The number of likely N-dealkylation sites (N-methyl/N-ethyl adjacent to an activating group) is 2. The lowest BCUT2D eigenvalue weighted by Gasteiger charge is -2.27. The number of amides is 1. The fraction of sp³-hybridized carbons (Fsp3) is 0.333. The zero-order valence-electron chi connectivity index (χ0n) is 15.6. The average Bonchev–Trinajstić information content (AvgIpc) is 3.10. The topological polar surface area (TPSA) is 80.3 Å². The zero-order valence-corrected chi connectivity index (χ0v) is 16.4. The fourth-order valence-electron chi connectivity index (χ4n) is 3.27. The van der Waals surface area contributed by atoms with Crippen LogP contribution >= 0.6 is 0 Å². The molecule has 1 aromatic carbocycles. The molecule has 0 aliphatic carbocycles. The van der Waals surface area contributed by atoms with E-state index in [0.29, 0.717) is 53.9 Å². The predicted octanol–water partition coefficient (Wildman–Crippen LogP) is 0.512. The normalized spacial score (nSPS) is 23.0. The summed E-state index contributed by atoms with van der Waals surface area (Å²) in [5, 5.41) is 1.74. The minimum Gasteiger partial charge on any atom is -0.355 e. The van der Waals surface area contributed by atoms with Gasteiger partial charge in [-0.2, -0.15) is 0 Å². The van der Waals surface area contributed by atoms with Crippen LogP contribution in [0.4, 0.5) is 4.39 Å². The van der Waals surface area contributed by atoms with Crippen LogP contribution in [0.1, 0.15) is 15.9 Å². The summed E-state index contributed by atoms with van der Waals surface area (Å²) in [4.78, 5) is 21.5. The maximum atomic E-state index is 13.9. The SMILES string of the molecule is CN1CCNS(=O)C2=C3N=C(C=CN3NC2)N(C)Cc2cc(F)ccc2C1=O. The molecule has 1 unspecified atom stereocenters. The van der Waals surface area contributed by atoms with Crippen molar-refractivity contribution >= 4 is 22.7 Å². The van der Waals surface area contributed by atoms with Crippen molar-refractivity contribution in [3.05, 3.63) is 58.1 Å². The Bertz CT molecular complexity index is 944. The highest BCUT2D eigenvalue weighted by Crippen LogP contribution is 2.24. The summed E-state index contributed by atoms with van der Waals surface area (Å²) in [7, 11) is 2.08. The Hall–Kier alpha value is -2.56. The molecule has 4 rings (SSSR count). The van der Waals surface area contributed by atoms with E-state index < -0.39 is 16.8 Å². The number of hydrogen-bond acceptors (Lipinski definition) is 6. The van der Waals surface area contributed by atoms with Crippen molar-refractivity contribution in [3.63, 3.8) is 0 Å². The lowest BCUT2D eigenvalue weighted by Crippen LogP contribution is -2.36. The number of aliphatic imine (C=N–C) groups is 1. The molecule has 0 spiro atoms. The van der Waals surface area contributed by atoms with Crippen molar-refractivity contribution < 1.29 is 13.4 Å². The first kappa shape index (κ1) is 18.8. The molecule has 0 fully saturated rings. The number of nitrogens with one attached hydrogen (secondary N) is 2. The Balaban J connectivity index is 1.77. The lowest BCUT2D eigenvalue weighted by atomic mass is 10.1. The van der Waals surface area contributed by atoms with Gasteiger partial charge in [-0.05, 0) is 29.8 Å². The molecule has 0 radical (unpaired) electrons. The summed E-state index contributed by atoms with van der Waals surface area (Å²) in [6.45, 7) is 1.45. The summed E-state index contributed by atoms with van der Waals surface area (Å²) < 4.78 is 29.5. The molecule has 2 N–H and O–H groups in total. The van der Waals surface area contributed by atoms with E-state index in [9.17, 15) is 13.4 Å². The first-order valence-electron chi connectivity index (χ1n) is 8.87. The Kier molecular flexibility index (Phi) is 5.00. The quantitative estimate of drug-likeness (QED) is 0.659. The Morgan fingerprint density at radius 1 is 1.25 bits per heavy atom. The third kappa shape index (κ3) is 3.46. The number of rotatable bonds is 0. The Morgan fingerprint density at radius 2 is 2.07 bits per heavy atom. The van der Waals surface area contributed by atoms with Gasteiger partial charge in [0.2, 0.25) is 0 Å². The van der Waals surface area contributed by atoms with Crippen LogP contribution in [0.2, 0.25) is 0 Å². The maximum absolute atomic E-state index is 13.9. The van der Waals surface area contributed by atoms with E-state index in [1.807, 2.05) is 24.2 Å². The van der Waals surface area contributed by atoms with Gasteiger partial charge < -0.3 is 9.80 Å². The molecule has 3 heterocycles. The van der Waals surface area contributed by atoms with E-state index in [4.69, 9.17) is 0 Å². The van der Waals surface area contributed by atoms with E-state index >= 15 is 0 Å². The first-order valence-corrected chi connectivity index (χ1v) is 10.0. The summed E-state index contributed by atoms with van der Waals surface area (Å²) in [5.74, 6) is 0.634. The highest BCUT2D eigenvalue weighted by Gasteiger charge is 2.28. The van der Waals surface area contributed by atoms with Gasteiger partial charge in [0.25, 0.3) is 5.91 Å². The van der Waals surface area contributed by atoms with Crippen LogP contribution in [0.3, 0.4) is 0 Å². The molecule has 10 heteroatoms. The minimum atomic E-state index is -1.43. The molecule has 1 atom stereocenters. The van der Waals surface area contributed by atoms with Gasteiger partial charge in [-0.1, -0.05) is 0 Å². The number of carbonyl (C=O) groups is 1. The lowest BCUT2D eigenvalue weighted by molar-refractivity contribution is 0.0796. The van der Waals surface area contributed by atoms with E-state index in [0.717, 1.165) is 0 Å². The molecule has 1 aromatic rings. The van der Waals surface area contributed by atoms with E-state index in [1.54, 1.807) is 17.0 Å². The molecule has 0 aromatic heterocycles. The van der Waals surface area contributed by atoms with Crippen molar-refractivity contribution in [2.75, 3.05) is 33.7 Å². The molecule has 8 nitrogen and oxygen atoms in total. The first-order chi connectivity index (χ1) is 13.4. The van der Waals surface area contributed by atoms with Crippen LogP contribution in [-0.2, 0) is 17.5 Å². The summed E-state index contributed by atoms with van der Waals surface area (Å²) >= 11 is 0. The second-order valence-corrected chi connectivity index (χ2v) is 8.10. The predicted molar refractivity (Wildman–Crippen MR) is 104 cm³/mol. The van der Waals surface area contributed by atoms with Crippen molar-refractivity contribution in [3.8, 4) is 0 Å². The van der Waals surface area contributed by atoms with Crippen LogP contribution in [0.5, 0.6) is 0 Å². The summed E-state index contributed by atoms with van der Waals surface area (Å²) in [6, 6.07) is 4.19. The van der Waals surface area contributed by atoms with Crippen molar-refractivity contribution in [1.29, 1.82) is 0 Å². The van der Waals surface area contributed by atoms with Gasteiger partial charge >= 0.3 is 0 Å². The number of amidine groups is 1. The van der Waals surface area contributed by atoms with Gasteiger partial charge in [0, 0.05) is 45.5 Å². The molecule has 0 saturated heterocycles. The molecule has 2 bridgehead atoms. The number of hydrazine groups is 1. The minimum absolute atomic E-state index is 0.206. The fourth-order valence-corrected chi connectivity index (χ4v) is 4.23. The van der Waals surface area contributed by atoms with E-state index in [-0.39, 0.29) is 5.91 Å². The van der Waals surface area contributed by atoms with Gasteiger partial charge in [-0.15, -0.1) is 0 Å². The highest BCUT2D eigenvalue weighted by atomic mass is 32.2. The molecule has 3 aliphatic rings. The van der Waals surface area contributed by atoms with Gasteiger partial charge in [-0.3, -0.25) is 9.80 Å². The standard InChI is InChI=1S/C18H21FN6O2S/c1-23-8-6-21-28(27)15-10-20-25-7-5-16(22-17(15)25)24(2)11-12-9-13(19)3-4-14(12)18(23)26/h3-5,7,9,20-21H,6,8,10-11H2,1-2H3. The van der Waals surface area contributed by atoms with Crippen LogP contribution in [-0.4, -0.2) is 64.5 Å². The van der Waals surface area contributed by atoms with Crippen LogP contribution in [0, 0.1) is 5.82 Å². The summed E-state index contributed by atoms with van der Waals surface area (Å²) in [6.07, 6.45) is 3.63. The van der Waals surface area contributed by atoms with Crippen LogP contribution in [0.25, 0.3) is 0 Å². The molecule has 0 saturated carbocycles. The van der Waals surface area contributed by atoms with E-state index in [2.05, 4.69) is 15.1 Å². The van der Waals surface area contributed by atoms with E-state index in [1.165, 1.54) is 18.2 Å². The molecule has 148 valence electrons. The molecular weight excluding hydrogens is 383 g/mol. The van der Waals surface area contributed by atoms with Crippen LogP contribution < -0.4 is 10.1 Å². The number of carbonyl (C=O) groups excluding carboxylic acids is 1. The molecular formula is C18H21FN6O2S. The second-order valence-electron chi connectivity index (χ2n) is 6.78. The smallest absolute Gasteiger partial charge is 0.253 e. The number of fused-ring (bicyclic) bond motifs is 1. The Morgan fingerprint density at radius 3 is 2.89 bits per heavy atom. The second kappa shape index (κ2) is 7.46. The number of hydrogen-bond donors (Lipinski definition) is 2. The summed E-state index contributed by atoms with van der Waals surface area (Å²) in [5.41, 5.74) is 4.15. The van der Waals surface area contributed by atoms with Gasteiger partial charge in [0.15, 0.2) is 5.82 Å². The third-order valence-corrected chi connectivity index (χ3v) is 6.07.